The normalized spacial score (nSPS) is 20.6. The highest BCUT2D eigenvalue weighted by Gasteiger charge is 2.26. The van der Waals surface area contributed by atoms with E-state index < -0.39 is 0 Å². The first-order chi connectivity index (χ1) is 9.52. The van der Waals surface area contributed by atoms with Gasteiger partial charge in [0.25, 0.3) is 0 Å². The molecule has 2 rings (SSSR count). The van der Waals surface area contributed by atoms with Crippen LogP contribution >= 0.6 is 0 Å². The molecule has 0 saturated carbocycles. The van der Waals surface area contributed by atoms with Crippen molar-refractivity contribution in [1.29, 1.82) is 0 Å². The van der Waals surface area contributed by atoms with Gasteiger partial charge in [0.05, 0.1) is 11.6 Å². The van der Waals surface area contributed by atoms with Crippen LogP contribution in [-0.2, 0) is 4.79 Å². The molecule has 2 atom stereocenters. The molecule has 1 heterocycles. The molecule has 1 aromatic carbocycles. The van der Waals surface area contributed by atoms with E-state index in [1.165, 1.54) is 6.07 Å². The minimum Gasteiger partial charge on any atom is -0.368 e. The number of nitrogens with two attached hydrogens (primary N) is 1. The molecule has 1 aliphatic rings. The molecule has 1 fully saturated rings. The van der Waals surface area contributed by atoms with Crippen LogP contribution in [0.3, 0.4) is 0 Å². The summed E-state index contributed by atoms with van der Waals surface area (Å²) < 4.78 is 14.2. The number of carbonyl (C=O) groups excluding carboxylic acids is 1. The van der Waals surface area contributed by atoms with Crippen LogP contribution in [0.25, 0.3) is 0 Å². The Morgan fingerprint density at radius 1 is 1.55 bits per heavy atom. The molecule has 1 unspecified atom stereocenters. The summed E-state index contributed by atoms with van der Waals surface area (Å²) in [6, 6.07) is 4.93. The Morgan fingerprint density at radius 3 is 2.90 bits per heavy atom. The van der Waals surface area contributed by atoms with Crippen LogP contribution in [-0.4, -0.2) is 26.0 Å². The molecule has 1 aliphatic heterocycles. The molecule has 110 valence electrons. The van der Waals surface area contributed by atoms with E-state index >= 15 is 0 Å². The number of anilines is 1. The smallest absolute Gasteiger partial charge is 0.224 e. The first-order valence-electron chi connectivity index (χ1n) is 7.04. The van der Waals surface area contributed by atoms with Gasteiger partial charge in [-0.05, 0) is 37.5 Å². The molecule has 0 aliphatic carbocycles. The number of hydrogen-bond donors (Lipinski definition) is 2. The lowest BCUT2D eigenvalue weighted by Crippen LogP contribution is -2.42. The number of rotatable bonds is 3. The lowest BCUT2D eigenvalue weighted by Gasteiger charge is -2.33. The fourth-order valence-corrected chi connectivity index (χ4v) is 2.68. The second-order valence-electron chi connectivity index (χ2n) is 5.40. The van der Waals surface area contributed by atoms with Gasteiger partial charge in [-0.25, -0.2) is 4.39 Å². The van der Waals surface area contributed by atoms with Gasteiger partial charge >= 0.3 is 0 Å². The molecule has 5 heteroatoms. The van der Waals surface area contributed by atoms with Crippen molar-refractivity contribution in [1.82, 2.24) is 5.32 Å². The molecule has 4 nitrogen and oxygen atoms in total. The topological polar surface area (TPSA) is 58.4 Å². The predicted octanol–water partition coefficient (Wildman–Crippen LogP) is 1.81. The zero-order valence-corrected chi connectivity index (χ0v) is 12.0. The SMILES string of the molecule is CNC(=O)C1CCCN(c2ccc([C@@H](C)N)cc2F)C1. The van der Waals surface area contributed by atoms with Gasteiger partial charge in [0.15, 0.2) is 0 Å². The maximum absolute atomic E-state index is 14.2. The van der Waals surface area contributed by atoms with E-state index in [9.17, 15) is 9.18 Å². The maximum Gasteiger partial charge on any atom is 0.224 e. The zero-order valence-electron chi connectivity index (χ0n) is 12.0. The van der Waals surface area contributed by atoms with Crippen molar-refractivity contribution >= 4 is 11.6 Å². The first kappa shape index (κ1) is 14.8. The second-order valence-corrected chi connectivity index (χ2v) is 5.40. The van der Waals surface area contributed by atoms with Crippen LogP contribution in [0, 0.1) is 11.7 Å². The van der Waals surface area contributed by atoms with Crippen LogP contribution in [0.15, 0.2) is 18.2 Å². The summed E-state index contributed by atoms with van der Waals surface area (Å²) in [5.74, 6) is -0.305. The number of nitrogens with one attached hydrogen (secondary N) is 1. The fourth-order valence-electron chi connectivity index (χ4n) is 2.68. The van der Waals surface area contributed by atoms with Crippen molar-refractivity contribution in [3.05, 3.63) is 29.6 Å². The van der Waals surface area contributed by atoms with E-state index in [2.05, 4.69) is 5.32 Å². The number of piperidine rings is 1. The average Bonchev–Trinajstić information content (AvgIpc) is 2.46. The number of hydrogen-bond acceptors (Lipinski definition) is 3. The van der Waals surface area contributed by atoms with E-state index in [1.54, 1.807) is 13.1 Å². The predicted molar refractivity (Wildman–Crippen MR) is 78.0 cm³/mol. The van der Waals surface area contributed by atoms with Crippen LogP contribution < -0.4 is 16.0 Å². The van der Waals surface area contributed by atoms with Gasteiger partial charge in [0, 0.05) is 26.2 Å². The summed E-state index contributed by atoms with van der Waals surface area (Å²) in [5.41, 5.74) is 7.10. The lowest BCUT2D eigenvalue weighted by molar-refractivity contribution is -0.124. The standard InChI is InChI=1S/C15H22FN3O/c1-10(17)11-5-6-14(13(16)8-11)19-7-3-4-12(9-19)15(20)18-2/h5-6,8,10,12H,3-4,7,9,17H2,1-2H3,(H,18,20)/t10-,12?/m1/s1. The van der Waals surface area contributed by atoms with Crippen LogP contribution in [0.5, 0.6) is 0 Å². The van der Waals surface area contributed by atoms with Gasteiger partial charge < -0.3 is 16.0 Å². The minimum atomic E-state index is -0.266. The van der Waals surface area contributed by atoms with Gasteiger partial charge in [-0.2, -0.15) is 0 Å². The summed E-state index contributed by atoms with van der Waals surface area (Å²) in [4.78, 5) is 13.7. The number of amides is 1. The molecule has 1 saturated heterocycles. The molecule has 1 aromatic rings. The van der Waals surface area contributed by atoms with Crippen molar-refractivity contribution in [2.24, 2.45) is 11.7 Å². The highest BCUT2D eigenvalue weighted by atomic mass is 19.1. The Bertz CT molecular complexity index is 490. The Balaban J connectivity index is 2.17. The summed E-state index contributed by atoms with van der Waals surface area (Å²) in [7, 11) is 1.64. The molecular weight excluding hydrogens is 257 g/mol. The quantitative estimate of drug-likeness (QED) is 0.887. The average molecular weight is 279 g/mol. The van der Waals surface area contributed by atoms with E-state index in [1.807, 2.05) is 17.9 Å². The van der Waals surface area contributed by atoms with E-state index in [-0.39, 0.29) is 23.7 Å². The van der Waals surface area contributed by atoms with E-state index in [0.717, 1.165) is 24.9 Å². The molecule has 0 bridgehead atoms. The molecule has 20 heavy (non-hydrogen) atoms. The summed E-state index contributed by atoms with van der Waals surface area (Å²) in [5, 5.41) is 2.67. The van der Waals surface area contributed by atoms with Gasteiger partial charge in [-0.15, -0.1) is 0 Å². The summed E-state index contributed by atoms with van der Waals surface area (Å²) in [6.07, 6.45) is 1.75. The third-order valence-electron chi connectivity index (χ3n) is 3.88. The summed E-state index contributed by atoms with van der Waals surface area (Å²) >= 11 is 0. The second kappa shape index (κ2) is 6.22. The van der Waals surface area contributed by atoms with Gasteiger partial charge in [-0.1, -0.05) is 6.07 Å². The molecule has 3 N–H and O–H groups in total. The van der Waals surface area contributed by atoms with Gasteiger partial charge in [-0.3, -0.25) is 4.79 Å². The van der Waals surface area contributed by atoms with Gasteiger partial charge in [0.2, 0.25) is 5.91 Å². The van der Waals surface area contributed by atoms with Crippen LogP contribution in [0.1, 0.15) is 31.4 Å². The third kappa shape index (κ3) is 3.10. The Labute approximate surface area is 119 Å². The highest BCUT2D eigenvalue weighted by molar-refractivity contribution is 5.79. The van der Waals surface area contributed by atoms with Crippen molar-refractivity contribution in [2.75, 3.05) is 25.0 Å². The molecular formula is C15H22FN3O. The molecule has 0 aromatic heterocycles. The Morgan fingerprint density at radius 2 is 2.30 bits per heavy atom. The monoisotopic (exact) mass is 279 g/mol. The van der Waals surface area contributed by atoms with Crippen LogP contribution in [0.4, 0.5) is 10.1 Å². The maximum atomic E-state index is 14.2. The largest absolute Gasteiger partial charge is 0.368 e. The summed E-state index contributed by atoms with van der Waals surface area (Å²) in [6.45, 7) is 3.17. The third-order valence-corrected chi connectivity index (χ3v) is 3.88. The van der Waals surface area contributed by atoms with Crippen molar-refractivity contribution < 1.29 is 9.18 Å². The lowest BCUT2D eigenvalue weighted by atomic mass is 9.96. The number of halogens is 1. The number of nitrogens with zero attached hydrogens (tertiary/aromatic N) is 1. The molecule has 1 amide bonds. The Kier molecular flexibility index (Phi) is 4.60. The number of carbonyl (C=O) groups is 1. The minimum absolute atomic E-state index is 0.0299. The van der Waals surface area contributed by atoms with Gasteiger partial charge in [0.1, 0.15) is 5.82 Å². The van der Waals surface area contributed by atoms with E-state index in [4.69, 9.17) is 5.73 Å². The van der Waals surface area contributed by atoms with Crippen molar-refractivity contribution in [3.8, 4) is 0 Å². The molecule has 0 radical (unpaired) electrons. The zero-order chi connectivity index (χ0) is 14.7. The van der Waals surface area contributed by atoms with Crippen molar-refractivity contribution in [2.45, 2.75) is 25.8 Å². The first-order valence-corrected chi connectivity index (χ1v) is 7.04. The van der Waals surface area contributed by atoms with Crippen LogP contribution in [0.2, 0.25) is 0 Å². The van der Waals surface area contributed by atoms with E-state index in [0.29, 0.717) is 12.2 Å². The number of benzene rings is 1. The molecule has 0 spiro atoms. The highest BCUT2D eigenvalue weighted by Crippen LogP contribution is 2.27. The van der Waals surface area contributed by atoms with Crippen molar-refractivity contribution in [3.63, 3.8) is 0 Å². The Hall–Kier alpha value is -1.62. The fraction of sp³-hybridized carbons (Fsp3) is 0.533.